The van der Waals surface area contributed by atoms with Crippen LogP contribution >= 0.6 is 0 Å². The summed E-state index contributed by atoms with van der Waals surface area (Å²) in [5.74, 6) is 0. The average molecular weight is 694 g/mol. The average Bonchev–Trinajstić information content (AvgIpc) is 3.96. The molecule has 3 nitrogen and oxygen atoms in total. The Morgan fingerprint density at radius 2 is 1.17 bits per heavy atom. The van der Waals surface area contributed by atoms with E-state index in [0.29, 0.717) is 32.7 Å². The predicted molar refractivity (Wildman–Crippen MR) is 222 cm³/mol. The third-order valence-corrected chi connectivity index (χ3v) is 9.46. The summed E-state index contributed by atoms with van der Waals surface area (Å²) in [5, 5.41) is 3.56. The molecule has 0 radical (unpaired) electrons. The van der Waals surface area contributed by atoms with Gasteiger partial charge < -0.3 is 13.7 Å². The topological polar surface area (TPSA) is 29.5 Å². The maximum absolute atomic E-state index is 9.82. The van der Waals surface area contributed by atoms with Crippen LogP contribution in [0.4, 0.5) is 17.1 Å². The third kappa shape index (κ3) is 4.75. The molecule has 0 fully saturated rings. The van der Waals surface area contributed by atoms with Crippen molar-refractivity contribution in [2.24, 2.45) is 0 Å². The van der Waals surface area contributed by atoms with Crippen LogP contribution in [-0.4, -0.2) is 0 Å². The summed E-state index contributed by atoms with van der Waals surface area (Å²) in [6.45, 7) is 0. The van der Waals surface area contributed by atoms with Gasteiger partial charge in [0.1, 0.15) is 22.3 Å². The first-order chi connectivity index (χ1) is 32.9. The van der Waals surface area contributed by atoms with Crippen LogP contribution in [0.2, 0.25) is 0 Å². The van der Waals surface area contributed by atoms with Gasteiger partial charge in [0.05, 0.1) is 27.6 Å². The number of benzene rings is 9. The molecule has 0 saturated carbocycles. The second kappa shape index (κ2) is 11.7. The number of hydrogen-bond donors (Lipinski definition) is 0. The first-order valence-corrected chi connectivity index (χ1v) is 16.7. The molecule has 11 rings (SSSR count). The largest absolute Gasteiger partial charge is 0.456 e. The molecule has 53 heavy (non-hydrogen) atoms. The molecule has 3 heteroatoms. The van der Waals surface area contributed by atoms with E-state index in [1.165, 1.54) is 0 Å². The van der Waals surface area contributed by atoms with Crippen molar-refractivity contribution >= 4 is 82.5 Å². The standard InChI is InChI=1S/C50H31NO2/c1-2-11-32(12-3-1)34-23-25-37(26-24-34)51(38-27-28-42-41-16-8-9-19-46(41)52-48(42)30-38)45-31-44-49-39(36-22-21-33-13-4-5-14-35(33)29-36)18-10-20-47(49)53-50(44)43-17-7-6-15-40(43)45/h1-31H/i1D,2D,3D,8D,9D,11D,12D,16D,19D,23D,24D,25D,26D,27D,28D,30D. The maximum Gasteiger partial charge on any atom is 0.143 e. The van der Waals surface area contributed by atoms with Crippen molar-refractivity contribution < 1.29 is 30.8 Å². The van der Waals surface area contributed by atoms with E-state index in [-0.39, 0.29) is 22.0 Å². The number of rotatable bonds is 5. The Bertz CT molecular complexity index is 4070. The molecule has 0 N–H and O–H groups in total. The van der Waals surface area contributed by atoms with E-state index >= 15 is 0 Å². The van der Waals surface area contributed by atoms with E-state index in [9.17, 15) is 9.60 Å². The molecule has 2 heterocycles. The molecule has 0 aliphatic rings. The van der Waals surface area contributed by atoms with Gasteiger partial charge in [-0.25, -0.2) is 0 Å². The Labute approximate surface area is 328 Å². The van der Waals surface area contributed by atoms with Crippen molar-refractivity contribution in [2.75, 3.05) is 4.90 Å². The zero-order valence-corrected chi connectivity index (χ0v) is 27.4. The van der Waals surface area contributed by atoms with Crippen LogP contribution < -0.4 is 4.90 Å². The van der Waals surface area contributed by atoms with E-state index in [2.05, 4.69) is 0 Å². The van der Waals surface area contributed by atoms with Crippen molar-refractivity contribution in [2.45, 2.75) is 0 Å². The van der Waals surface area contributed by atoms with Gasteiger partial charge in [0.15, 0.2) is 0 Å². The van der Waals surface area contributed by atoms with Crippen molar-refractivity contribution in [1.82, 2.24) is 0 Å². The monoisotopic (exact) mass is 693 g/mol. The number of fused-ring (bicyclic) bond motifs is 9. The third-order valence-electron chi connectivity index (χ3n) is 9.46. The lowest BCUT2D eigenvalue weighted by Gasteiger charge is -2.27. The second-order valence-electron chi connectivity index (χ2n) is 12.5. The van der Waals surface area contributed by atoms with Crippen LogP contribution in [0.5, 0.6) is 0 Å². The summed E-state index contributed by atoms with van der Waals surface area (Å²) >= 11 is 0. The summed E-state index contributed by atoms with van der Waals surface area (Å²) in [7, 11) is 0. The van der Waals surface area contributed by atoms with Crippen LogP contribution in [-0.2, 0) is 0 Å². The van der Waals surface area contributed by atoms with Gasteiger partial charge in [-0.05, 0) is 81.4 Å². The van der Waals surface area contributed by atoms with Gasteiger partial charge >= 0.3 is 0 Å². The molecule has 0 unspecified atom stereocenters. The van der Waals surface area contributed by atoms with Crippen LogP contribution in [0.15, 0.2) is 197 Å². The molecule has 0 aliphatic carbocycles. The van der Waals surface area contributed by atoms with Gasteiger partial charge in [-0.1, -0.05) is 133 Å². The highest BCUT2D eigenvalue weighted by molar-refractivity contribution is 6.23. The van der Waals surface area contributed by atoms with Gasteiger partial charge in [-0.15, -0.1) is 0 Å². The molecule has 0 amide bonds. The van der Waals surface area contributed by atoms with Crippen LogP contribution in [0.3, 0.4) is 0 Å². The van der Waals surface area contributed by atoms with Gasteiger partial charge in [0, 0.05) is 49.7 Å². The minimum Gasteiger partial charge on any atom is -0.456 e. The smallest absolute Gasteiger partial charge is 0.143 e. The Morgan fingerprint density at radius 3 is 2.06 bits per heavy atom. The summed E-state index contributed by atoms with van der Waals surface area (Å²) in [5.41, 5.74) is -0.341. The zero-order valence-electron chi connectivity index (χ0n) is 43.4. The lowest BCUT2D eigenvalue weighted by molar-refractivity contribution is 0.669. The molecule has 11 aromatic rings. The fourth-order valence-corrected chi connectivity index (χ4v) is 7.08. The minimum absolute atomic E-state index is 0.0894. The van der Waals surface area contributed by atoms with Crippen LogP contribution in [0.1, 0.15) is 21.9 Å². The quantitative estimate of drug-likeness (QED) is 0.180. The molecule has 0 saturated heterocycles. The molecule has 0 spiro atoms. The normalized spacial score (nSPS) is 16.0. The number of nitrogens with zero attached hydrogens (tertiary/aromatic N) is 1. The summed E-state index contributed by atoms with van der Waals surface area (Å²) < 4.78 is 156. The lowest BCUT2D eigenvalue weighted by atomic mass is 9.95. The van der Waals surface area contributed by atoms with Gasteiger partial charge in [-0.2, -0.15) is 0 Å². The fourth-order valence-electron chi connectivity index (χ4n) is 7.08. The second-order valence-corrected chi connectivity index (χ2v) is 12.5. The van der Waals surface area contributed by atoms with Crippen molar-refractivity contribution in [3.8, 4) is 22.3 Å². The number of anilines is 3. The molecular formula is C50H31NO2. The highest BCUT2D eigenvalue weighted by atomic mass is 16.3. The Kier molecular flexibility index (Phi) is 3.96. The Morgan fingerprint density at radius 1 is 0.434 bits per heavy atom. The van der Waals surface area contributed by atoms with Crippen LogP contribution in [0.25, 0.3) is 87.7 Å². The predicted octanol–water partition coefficient (Wildman–Crippen LogP) is 14.6. The Balaban J connectivity index is 1.30. The van der Waals surface area contributed by atoms with Gasteiger partial charge in [-0.3, -0.25) is 0 Å². The first-order valence-electron chi connectivity index (χ1n) is 24.7. The van der Waals surface area contributed by atoms with E-state index in [4.69, 9.17) is 21.2 Å². The SMILES string of the molecule is [2H]c1c([2H])c([2H])c(-c2c([2H])c([2H])c(N(c3c([2H])c([2H])c4c(oc5c([2H])c([2H])c([2H])c([2H])c54)c3[2H])c3cc4c(oc5cccc(-c6ccc7ccccc7c6)c54)c4ccccc34)c([2H])c2[2H])c([2H])c1[2H]. The first kappa shape index (κ1) is 17.9. The van der Waals surface area contributed by atoms with E-state index in [0.717, 1.165) is 26.8 Å². The summed E-state index contributed by atoms with van der Waals surface area (Å²) in [6.07, 6.45) is 0. The zero-order chi connectivity index (χ0) is 48.8. The van der Waals surface area contributed by atoms with Gasteiger partial charge in [0.25, 0.3) is 0 Å². The summed E-state index contributed by atoms with van der Waals surface area (Å²) in [6, 6.07) is 16.8. The number of para-hydroxylation sites is 1. The van der Waals surface area contributed by atoms with Crippen molar-refractivity contribution in [3.63, 3.8) is 0 Å². The molecule has 0 atom stereocenters. The van der Waals surface area contributed by atoms with Crippen LogP contribution in [0, 0.1) is 0 Å². The fraction of sp³-hybridized carbons (Fsp3) is 0. The lowest BCUT2D eigenvalue weighted by Crippen LogP contribution is -2.10. The molecular weight excluding hydrogens is 647 g/mol. The van der Waals surface area contributed by atoms with E-state index in [1.54, 1.807) is 30.3 Å². The Hall–Kier alpha value is -7.10. The van der Waals surface area contributed by atoms with E-state index < -0.39 is 125 Å². The van der Waals surface area contributed by atoms with Crippen molar-refractivity contribution in [1.29, 1.82) is 0 Å². The maximum atomic E-state index is 9.82. The molecule has 9 aromatic carbocycles. The molecule has 248 valence electrons. The van der Waals surface area contributed by atoms with Crippen molar-refractivity contribution in [3.05, 3.63) is 188 Å². The minimum atomic E-state index is -0.815. The highest BCUT2D eigenvalue weighted by Crippen LogP contribution is 2.47. The summed E-state index contributed by atoms with van der Waals surface area (Å²) in [4.78, 5) is 1.15. The van der Waals surface area contributed by atoms with E-state index in [1.807, 2.05) is 60.7 Å². The number of furan rings is 2. The molecule has 0 bridgehead atoms. The number of hydrogen-bond acceptors (Lipinski definition) is 3. The highest BCUT2D eigenvalue weighted by Gasteiger charge is 2.22. The molecule has 2 aromatic heterocycles. The van der Waals surface area contributed by atoms with Gasteiger partial charge in [0.2, 0.25) is 0 Å². The molecule has 0 aliphatic heterocycles.